The van der Waals surface area contributed by atoms with Crippen LogP contribution in [0.15, 0.2) is 30.3 Å². The Labute approximate surface area is 135 Å². The minimum absolute atomic E-state index is 0.201. The van der Waals surface area contributed by atoms with E-state index in [-0.39, 0.29) is 11.8 Å². The maximum atomic E-state index is 12.0. The van der Waals surface area contributed by atoms with Crippen LogP contribution in [0, 0.1) is 0 Å². The van der Waals surface area contributed by atoms with Gasteiger partial charge in [0.1, 0.15) is 5.78 Å². The second kappa shape index (κ2) is 12.4. The summed E-state index contributed by atoms with van der Waals surface area (Å²) in [6.07, 6.45) is 10.9. The molecule has 0 heterocycles. The van der Waals surface area contributed by atoms with Crippen LogP contribution in [0.2, 0.25) is 0 Å². The van der Waals surface area contributed by atoms with Crippen LogP contribution in [0.3, 0.4) is 0 Å². The highest BCUT2D eigenvalue weighted by Gasteiger charge is 2.13. The summed E-state index contributed by atoms with van der Waals surface area (Å²) in [6, 6.07) is 9.65. The molecular formula is C19H32N2O. The fourth-order valence-electron chi connectivity index (χ4n) is 2.67. The molecule has 0 saturated heterocycles. The van der Waals surface area contributed by atoms with E-state index in [0.717, 1.165) is 31.4 Å². The molecule has 1 atom stereocenters. The normalized spacial score (nSPS) is 12.3. The Morgan fingerprint density at radius 2 is 1.41 bits per heavy atom. The van der Waals surface area contributed by atoms with Crippen LogP contribution in [-0.2, 0) is 11.2 Å². The average molecular weight is 304 g/mol. The van der Waals surface area contributed by atoms with Gasteiger partial charge in [0.15, 0.2) is 0 Å². The van der Waals surface area contributed by atoms with Gasteiger partial charge in [0.2, 0.25) is 0 Å². The molecular weight excluding hydrogens is 272 g/mol. The molecule has 1 aromatic carbocycles. The van der Waals surface area contributed by atoms with Crippen molar-refractivity contribution in [1.29, 1.82) is 0 Å². The first-order valence-corrected chi connectivity index (χ1v) is 8.76. The molecule has 0 aromatic heterocycles. The summed E-state index contributed by atoms with van der Waals surface area (Å²) < 4.78 is 0. The van der Waals surface area contributed by atoms with Crippen molar-refractivity contribution in [3.63, 3.8) is 0 Å². The third-order valence-corrected chi connectivity index (χ3v) is 4.09. The summed E-state index contributed by atoms with van der Waals surface area (Å²) in [5, 5.41) is 0. The van der Waals surface area contributed by atoms with Crippen molar-refractivity contribution < 1.29 is 4.79 Å². The number of hydrogen-bond acceptors (Lipinski definition) is 3. The molecule has 22 heavy (non-hydrogen) atoms. The molecule has 3 nitrogen and oxygen atoms in total. The molecule has 3 heteroatoms. The molecule has 0 radical (unpaired) electrons. The minimum atomic E-state index is -0.348. The van der Waals surface area contributed by atoms with Gasteiger partial charge in [-0.1, -0.05) is 68.9 Å². The standard InChI is InChI=1S/C19H32N2O/c20-15-11-6-4-2-1-3-5-10-14-19(22)18(21)16-17-12-8-7-9-13-17/h7-9,12-13,18H,1-6,10-11,14-16,20-21H2/t18-/m0/s1. The van der Waals surface area contributed by atoms with Crippen molar-refractivity contribution in [3.8, 4) is 0 Å². The fraction of sp³-hybridized carbons (Fsp3) is 0.632. The first kappa shape index (κ1) is 18.9. The molecule has 0 unspecified atom stereocenters. The SMILES string of the molecule is NCCCCCCCCCCC(=O)[C@@H](N)Cc1ccccc1. The highest BCUT2D eigenvalue weighted by molar-refractivity contribution is 5.84. The predicted octanol–water partition coefficient (Wildman–Crippen LogP) is 3.60. The highest BCUT2D eigenvalue weighted by Crippen LogP contribution is 2.11. The Hall–Kier alpha value is -1.19. The van der Waals surface area contributed by atoms with Crippen molar-refractivity contribution in [3.05, 3.63) is 35.9 Å². The van der Waals surface area contributed by atoms with Crippen LogP contribution in [0.4, 0.5) is 0 Å². The second-order valence-corrected chi connectivity index (χ2v) is 6.13. The van der Waals surface area contributed by atoms with Crippen LogP contribution in [0.5, 0.6) is 0 Å². The first-order chi connectivity index (χ1) is 10.7. The van der Waals surface area contributed by atoms with Crippen LogP contribution >= 0.6 is 0 Å². The molecule has 1 rings (SSSR count). The lowest BCUT2D eigenvalue weighted by Gasteiger charge is -2.10. The van der Waals surface area contributed by atoms with Crippen LogP contribution in [0.25, 0.3) is 0 Å². The zero-order valence-electron chi connectivity index (χ0n) is 13.8. The number of ketones is 1. The Bertz CT molecular complexity index is 392. The number of rotatable bonds is 13. The average Bonchev–Trinajstić information content (AvgIpc) is 2.54. The summed E-state index contributed by atoms with van der Waals surface area (Å²) in [5.41, 5.74) is 12.6. The van der Waals surface area contributed by atoms with E-state index in [9.17, 15) is 4.79 Å². The van der Waals surface area contributed by atoms with Gasteiger partial charge in [-0.2, -0.15) is 0 Å². The number of hydrogen-bond donors (Lipinski definition) is 2. The maximum Gasteiger partial charge on any atom is 0.149 e. The molecule has 4 N–H and O–H groups in total. The van der Waals surface area contributed by atoms with Crippen LogP contribution in [0.1, 0.15) is 63.4 Å². The molecule has 0 aliphatic carbocycles. The van der Waals surface area contributed by atoms with Gasteiger partial charge in [-0.05, 0) is 31.4 Å². The van der Waals surface area contributed by atoms with E-state index in [0.29, 0.717) is 12.8 Å². The largest absolute Gasteiger partial charge is 0.330 e. The van der Waals surface area contributed by atoms with Gasteiger partial charge in [-0.3, -0.25) is 4.79 Å². The van der Waals surface area contributed by atoms with Gasteiger partial charge in [0.05, 0.1) is 6.04 Å². The summed E-state index contributed by atoms with van der Waals surface area (Å²) in [6.45, 7) is 0.811. The van der Waals surface area contributed by atoms with Gasteiger partial charge < -0.3 is 11.5 Å². The van der Waals surface area contributed by atoms with E-state index in [1.54, 1.807) is 0 Å². The van der Waals surface area contributed by atoms with E-state index in [1.165, 1.54) is 32.1 Å². The number of nitrogens with two attached hydrogens (primary N) is 2. The molecule has 0 amide bonds. The molecule has 0 aliphatic heterocycles. The van der Waals surface area contributed by atoms with Crippen molar-refractivity contribution in [2.45, 2.75) is 70.3 Å². The molecule has 0 saturated carbocycles. The van der Waals surface area contributed by atoms with Crippen LogP contribution < -0.4 is 11.5 Å². The zero-order valence-corrected chi connectivity index (χ0v) is 13.8. The lowest BCUT2D eigenvalue weighted by molar-refractivity contribution is -0.120. The Balaban J connectivity index is 2.01. The first-order valence-electron chi connectivity index (χ1n) is 8.76. The lowest BCUT2D eigenvalue weighted by atomic mass is 9.99. The van der Waals surface area contributed by atoms with Gasteiger partial charge >= 0.3 is 0 Å². The fourth-order valence-corrected chi connectivity index (χ4v) is 2.67. The Morgan fingerprint density at radius 3 is 2.00 bits per heavy atom. The molecule has 0 spiro atoms. The number of carbonyl (C=O) groups is 1. The van der Waals surface area contributed by atoms with Crippen molar-refractivity contribution >= 4 is 5.78 Å². The summed E-state index contributed by atoms with van der Waals surface area (Å²) in [7, 11) is 0. The summed E-state index contributed by atoms with van der Waals surface area (Å²) in [5.74, 6) is 0.201. The minimum Gasteiger partial charge on any atom is -0.330 e. The van der Waals surface area contributed by atoms with Gasteiger partial charge in [-0.25, -0.2) is 0 Å². The van der Waals surface area contributed by atoms with E-state index in [2.05, 4.69) is 0 Å². The van der Waals surface area contributed by atoms with Gasteiger partial charge in [0, 0.05) is 6.42 Å². The quantitative estimate of drug-likeness (QED) is 0.547. The Kier molecular flexibility index (Phi) is 10.6. The van der Waals surface area contributed by atoms with Crippen molar-refractivity contribution in [2.24, 2.45) is 11.5 Å². The van der Waals surface area contributed by atoms with Crippen molar-refractivity contribution in [2.75, 3.05) is 6.54 Å². The predicted molar refractivity (Wildman–Crippen MR) is 93.7 cm³/mol. The number of carbonyl (C=O) groups excluding carboxylic acids is 1. The van der Waals surface area contributed by atoms with E-state index in [4.69, 9.17) is 11.5 Å². The Morgan fingerprint density at radius 1 is 0.864 bits per heavy atom. The lowest BCUT2D eigenvalue weighted by Crippen LogP contribution is -2.32. The zero-order chi connectivity index (χ0) is 16.0. The number of unbranched alkanes of at least 4 members (excludes halogenated alkanes) is 7. The van der Waals surface area contributed by atoms with Gasteiger partial charge in [0.25, 0.3) is 0 Å². The van der Waals surface area contributed by atoms with Crippen LogP contribution in [-0.4, -0.2) is 18.4 Å². The molecule has 0 fully saturated rings. The van der Waals surface area contributed by atoms with E-state index in [1.807, 2.05) is 30.3 Å². The molecule has 124 valence electrons. The third kappa shape index (κ3) is 8.96. The number of benzene rings is 1. The highest BCUT2D eigenvalue weighted by atomic mass is 16.1. The van der Waals surface area contributed by atoms with Crippen molar-refractivity contribution in [1.82, 2.24) is 0 Å². The topological polar surface area (TPSA) is 69.1 Å². The third-order valence-electron chi connectivity index (χ3n) is 4.09. The summed E-state index contributed by atoms with van der Waals surface area (Å²) >= 11 is 0. The maximum absolute atomic E-state index is 12.0. The molecule has 0 bridgehead atoms. The second-order valence-electron chi connectivity index (χ2n) is 6.13. The smallest absolute Gasteiger partial charge is 0.149 e. The monoisotopic (exact) mass is 304 g/mol. The van der Waals surface area contributed by atoms with E-state index < -0.39 is 0 Å². The van der Waals surface area contributed by atoms with Gasteiger partial charge in [-0.15, -0.1) is 0 Å². The van der Waals surface area contributed by atoms with E-state index >= 15 is 0 Å². The molecule has 1 aromatic rings. The molecule has 0 aliphatic rings. The summed E-state index contributed by atoms with van der Waals surface area (Å²) in [4.78, 5) is 12.0. The number of Topliss-reactive ketones (excluding diaryl/α,β-unsaturated/α-hetero) is 1.